The summed E-state index contributed by atoms with van der Waals surface area (Å²) in [7, 11) is 4.12. The SMILES string of the molecule is COc1cc2c(cc1OC(=O)OC(C)(C)C)CCN[C@]21CS[C@@H]2c3c(OC(=O)C(F)(F)F)c(C)c4c(c3[C@@H](COC1=O)N1C2[C@H]2c3c(cc(C)c(OC)c3OC(=O)C(F)(F)F)C[C@H]([C@@H]1C#N)N2C)OCO4. The van der Waals surface area contributed by atoms with Gasteiger partial charge in [-0.25, -0.2) is 19.2 Å². The third kappa shape index (κ3) is 8.17. The maximum Gasteiger partial charge on any atom is 0.514 e. The molecule has 3 aromatic rings. The number of nitriles is 1. The average Bonchev–Trinajstić information content (AvgIpc) is 3.78. The Morgan fingerprint density at radius 3 is 2.17 bits per heavy atom. The molecular weight excluding hydrogens is 975 g/mol. The second-order valence-corrected chi connectivity index (χ2v) is 19.9. The number of thioether (sulfide) groups is 1. The summed E-state index contributed by atoms with van der Waals surface area (Å²) in [6.45, 7) is 6.95. The van der Waals surface area contributed by atoms with Crippen LogP contribution < -0.4 is 38.5 Å². The van der Waals surface area contributed by atoms with E-state index in [2.05, 4.69) is 11.4 Å². The van der Waals surface area contributed by atoms with Gasteiger partial charge < -0.3 is 42.6 Å². The predicted molar refractivity (Wildman–Crippen MR) is 234 cm³/mol. The number of fused-ring (bicyclic) bond motifs is 9. The number of likely N-dealkylation sites (N-methyl/N-ethyl adjacent to an activating group) is 1. The molecule has 7 heterocycles. The molecule has 1 N–H and O–H groups in total. The molecule has 10 rings (SSSR count). The zero-order chi connectivity index (χ0) is 51.4. The molecule has 7 atom stereocenters. The van der Waals surface area contributed by atoms with Gasteiger partial charge in [0.15, 0.2) is 40.0 Å². The number of benzene rings is 3. The minimum atomic E-state index is -5.51. The summed E-state index contributed by atoms with van der Waals surface area (Å²) in [5.74, 6) is -7.70. The van der Waals surface area contributed by atoms with E-state index in [0.29, 0.717) is 22.3 Å². The highest BCUT2D eigenvalue weighted by Gasteiger charge is 2.62. The van der Waals surface area contributed by atoms with Crippen molar-refractivity contribution in [2.24, 2.45) is 0 Å². The van der Waals surface area contributed by atoms with Gasteiger partial charge in [-0.3, -0.25) is 15.1 Å². The number of alkyl halides is 6. The number of carbonyl (C=O) groups is 4. The zero-order valence-electron chi connectivity index (χ0n) is 39.3. The molecule has 1 unspecified atom stereocenters. The first kappa shape index (κ1) is 49.8. The van der Waals surface area contributed by atoms with E-state index in [9.17, 15) is 46.0 Å². The van der Waals surface area contributed by atoms with Crippen molar-refractivity contribution >= 4 is 35.8 Å². The van der Waals surface area contributed by atoms with Crippen molar-refractivity contribution in [2.45, 2.75) is 106 Å². The lowest BCUT2D eigenvalue weighted by molar-refractivity contribution is -0.190. The minimum absolute atomic E-state index is 0.0103. The van der Waals surface area contributed by atoms with E-state index in [-0.39, 0.29) is 76.1 Å². The summed E-state index contributed by atoms with van der Waals surface area (Å²) in [6, 6.07) is 1.48. The quantitative estimate of drug-likeness (QED) is 0.120. The number of hydrogen-bond acceptors (Lipinski definition) is 18. The molecular formula is C47H46F6N4O13S. The Labute approximate surface area is 405 Å². The van der Waals surface area contributed by atoms with Gasteiger partial charge in [0.1, 0.15) is 24.0 Å². The average molecular weight is 1020 g/mol. The molecule has 0 aliphatic carbocycles. The molecule has 0 saturated carbocycles. The fourth-order valence-electron chi connectivity index (χ4n) is 10.8. The molecule has 3 aromatic carbocycles. The van der Waals surface area contributed by atoms with Crippen LogP contribution in [0.3, 0.4) is 0 Å². The van der Waals surface area contributed by atoms with Gasteiger partial charge in [0, 0.05) is 46.6 Å². The van der Waals surface area contributed by atoms with E-state index in [1.807, 2.05) is 0 Å². The smallest absolute Gasteiger partial charge is 0.493 e. The fourth-order valence-corrected chi connectivity index (χ4v) is 12.5. The van der Waals surface area contributed by atoms with E-state index in [1.165, 1.54) is 33.3 Å². The van der Waals surface area contributed by atoms with Crippen LogP contribution in [0.4, 0.5) is 31.1 Å². The summed E-state index contributed by atoms with van der Waals surface area (Å²) in [5.41, 5.74) is -1.17. The summed E-state index contributed by atoms with van der Waals surface area (Å²) in [4.78, 5) is 57.3. The lowest BCUT2D eigenvalue weighted by Crippen LogP contribution is -2.69. The first-order chi connectivity index (χ1) is 33.3. The van der Waals surface area contributed by atoms with Crippen LogP contribution in [0.25, 0.3) is 0 Å². The van der Waals surface area contributed by atoms with Gasteiger partial charge in [0.05, 0.1) is 37.6 Å². The number of methoxy groups -OCH3 is 2. The molecule has 24 heteroatoms. The number of aryl methyl sites for hydroxylation is 1. The molecule has 0 aromatic heterocycles. The first-order valence-corrected chi connectivity index (χ1v) is 23.2. The molecule has 2 saturated heterocycles. The summed E-state index contributed by atoms with van der Waals surface area (Å²) in [5, 5.41) is 13.3. The minimum Gasteiger partial charge on any atom is -0.493 e. The van der Waals surface area contributed by atoms with Crippen LogP contribution >= 0.6 is 11.8 Å². The number of nitrogens with zero attached hydrogens (tertiary/aromatic N) is 3. The number of nitrogens with one attached hydrogen (secondary N) is 1. The Kier molecular flexibility index (Phi) is 12.3. The van der Waals surface area contributed by atoms with Crippen LogP contribution in [0, 0.1) is 25.2 Å². The zero-order valence-corrected chi connectivity index (χ0v) is 40.1. The topological polar surface area (TPSA) is 194 Å². The van der Waals surface area contributed by atoms with Crippen LogP contribution in [-0.4, -0.2) is 117 Å². The molecule has 7 aliphatic rings. The van der Waals surface area contributed by atoms with E-state index >= 15 is 4.79 Å². The van der Waals surface area contributed by atoms with Gasteiger partial charge in [-0.1, -0.05) is 6.07 Å². The van der Waals surface area contributed by atoms with E-state index in [4.69, 9.17) is 42.6 Å². The molecule has 4 bridgehead atoms. The number of esters is 3. The van der Waals surface area contributed by atoms with E-state index in [1.54, 1.807) is 50.6 Å². The summed E-state index contributed by atoms with van der Waals surface area (Å²) in [6.07, 6.45) is -11.7. The number of ether oxygens (including phenoxy) is 9. The first-order valence-electron chi connectivity index (χ1n) is 22.1. The van der Waals surface area contributed by atoms with Crippen LogP contribution in [0.15, 0.2) is 18.2 Å². The monoisotopic (exact) mass is 1020 g/mol. The number of halogens is 6. The summed E-state index contributed by atoms with van der Waals surface area (Å²) >= 11 is 0.992. The largest absolute Gasteiger partial charge is 0.514 e. The molecule has 2 fully saturated rings. The Hall–Kier alpha value is -6.16. The van der Waals surface area contributed by atoms with Crippen molar-refractivity contribution in [3.63, 3.8) is 0 Å². The third-order valence-electron chi connectivity index (χ3n) is 13.6. The molecule has 17 nitrogen and oxygen atoms in total. The Bertz CT molecular complexity index is 2810. The Morgan fingerprint density at radius 2 is 1.54 bits per heavy atom. The maximum absolute atomic E-state index is 15.1. The van der Waals surface area contributed by atoms with Crippen molar-refractivity contribution in [3.8, 4) is 46.3 Å². The lowest BCUT2D eigenvalue weighted by atomic mass is 9.71. The highest BCUT2D eigenvalue weighted by atomic mass is 32.2. The van der Waals surface area contributed by atoms with Gasteiger partial charge in [0.2, 0.25) is 6.79 Å². The highest BCUT2D eigenvalue weighted by molar-refractivity contribution is 7.99. The van der Waals surface area contributed by atoms with Crippen LogP contribution in [0.2, 0.25) is 0 Å². The molecule has 1 spiro atoms. The predicted octanol–water partition coefficient (Wildman–Crippen LogP) is 6.90. The van der Waals surface area contributed by atoms with Crippen molar-refractivity contribution in [3.05, 3.63) is 62.7 Å². The molecule has 71 heavy (non-hydrogen) atoms. The standard InChI is InChI=1S/C47H46F6N4O13S/c1-19-11-22-12-24-25(15-54)57-26-16-64-40(58)45(23-14-27(62-7)28(13-21(23)9-10-55-45)67-43(61)70-44(3,4)5)17-71-39(31-30(26)37-36(65-18-66-37)20(2)35(31)68-41(59)46(48,49)50)33(57)32(56(24)6)29(22)38(34(19)63-8)69-42(60)47(51,52)53/h11,13-14,24-26,32-33,39,55H,9-10,12,16-18H2,1-8H3/t24-,25+,26-,32-,33?,39-,45-/m1/s1. The lowest BCUT2D eigenvalue weighted by Gasteiger charge is -2.62. The molecule has 7 aliphatic heterocycles. The van der Waals surface area contributed by atoms with Crippen molar-refractivity contribution in [1.29, 1.82) is 5.26 Å². The van der Waals surface area contributed by atoms with Gasteiger partial charge >= 0.3 is 36.4 Å². The van der Waals surface area contributed by atoms with Crippen LogP contribution in [0.5, 0.6) is 40.2 Å². The van der Waals surface area contributed by atoms with Gasteiger partial charge in [-0.15, -0.1) is 11.8 Å². The van der Waals surface area contributed by atoms with Gasteiger partial charge in [-0.2, -0.15) is 31.6 Å². The third-order valence-corrected chi connectivity index (χ3v) is 15.1. The number of rotatable bonds is 5. The molecule has 380 valence electrons. The Balaban J connectivity index is 1.30. The number of hydrogen-bond donors (Lipinski definition) is 1. The van der Waals surface area contributed by atoms with Crippen molar-refractivity contribution in [2.75, 3.05) is 47.0 Å². The van der Waals surface area contributed by atoms with Crippen molar-refractivity contribution in [1.82, 2.24) is 15.1 Å². The fraction of sp³-hybridized carbons (Fsp3) is 0.511. The second-order valence-electron chi connectivity index (χ2n) is 18.8. The van der Waals surface area contributed by atoms with Gasteiger partial charge in [-0.05, 0) is 88.9 Å². The molecule has 0 amide bonds. The number of carbonyl (C=O) groups excluding carboxylic acids is 4. The highest BCUT2D eigenvalue weighted by Crippen LogP contribution is 2.65. The summed E-state index contributed by atoms with van der Waals surface area (Å²) < 4.78 is 136. The molecule has 0 radical (unpaired) electrons. The number of piperazine rings is 1. The van der Waals surface area contributed by atoms with E-state index < -0.39 is 108 Å². The normalized spacial score (nSPS) is 25.6. The van der Waals surface area contributed by atoms with Crippen LogP contribution in [-0.2, 0) is 42.2 Å². The van der Waals surface area contributed by atoms with Crippen LogP contribution in [0.1, 0.15) is 82.6 Å². The van der Waals surface area contributed by atoms with Crippen molar-refractivity contribution < 1.29 is 88.2 Å². The Morgan fingerprint density at radius 1 is 0.859 bits per heavy atom. The van der Waals surface area contributed by atoms with E-state index in [0.717, 1.165) is 11.8 Å². The van der Waals surface area contributed by atoms with Gasteiger partial charge in [0.25, 0.3) is 0 Å². The maximum atomic E-state index is 15.1. The second kappa shape index (κ2) is 17.6.